The lowest BCUT2D eigenvalue weighted by Crippen LogP contribution is -2.36. The normalized spacial score (nSPS) is 12.9. The zero-order valence-corrected chi connectivity index (χ0v) is 10.1. The van der Waals surface area contributed by atoms with Crippen LogP contribution in [0.15, 0.2) is 0 Å². The van der Waals surface area contributed by atoms with Crippen molar-refractivity contribution < 1.29 is 13.2 Å². The predicted octanol–water partition coefficient (Wildman–Crippen LogP) is 0.931. The van der Waals surface area contributed by atoms with Crippen LogP contribution in [0.4, 0.5) is 0 Å². The molecule has 0 aromatic rings. The molecule has 0 aromatic heterocycles. The van der Waals surface area contributed by atoms with Crippen LogP contribution in [0.1, 0.15) is 34.1 Å². The Morgan fingerprint density at radius 3 is 2.14 bits per heavy atom. The molecule has 0 aliphatic rings. The molecule has 0 spiro atoms. The maximum atomic E-state index is 11.4. The third kappa shape index (κ3) is 5.34. The molecule has 0 fully saturated rings. The molecule has 0 aliphatic heterocycles. The summed E-state index contributed by atoms with van der Waals surface area (Å²) in [7, 11) is -3.26. The Balaban J connectivity index is 4.14. The SMILES string of the molecule is CCCS(=O)(=O)NCC(=O)C(C)(C)C. The van der Waals surface area contributed by atoms with E-state index in [0.717, 1.165) is 0 Å². The molecule has 0 heterocycles. The highest BCUT2D eigenvalue weighted by Crippen LogP contribution is 2.13. The van der Waals surface area contributed by atoms with Crippen molar-refractivity contribution in [3.05, 3.63) is 0 Å². The van der Waals surface area contributed by atoms with Gasteiger partial charge in [0.05, 0.1) is 12.3 Å². The van der Waals surface area contributed by atoms with Gasteiger partial charge in [-0.15, -0.1) is 0 Å². The lowest BCUT2D eigenvalue weighted by molar-refractivity contribution is -0.125. The monoisotopic (exact) mass is 221 g/mol. The molecule has 14 heavy (non-hydrogen) atoms. The van der Waals surface area contributed by atoms with Crippen LogP contribution in [0.25, 0.3) is 0 Å². The van der Waals surface area contributed by atoms with Crippen LogP contribution in [0, 0.1) is 5.41 Å². The highest BCUT2D eigenvalue weighted by Gasteiger charge is 2.22. The Kier molecular flexibility index (Phi) is 4.74. The number of rotatable bonds is 5. The lowest BCUT2D eigenvalue weighted by atomic mass is 9.91. The van der Waals surface area contributed by atoms with Gasteiger partial charge in [-0.1, -0.05) is 27.7 Å². The molecular formula is C9H19NO3S. The van der Waals surface area contributed by atoms with Gasteiger partial charge in [0.15, 0.2) is 5.78 Å². The first-order valence-corrected chi connectivity index (χ1v) is 6.35. The van der Waals surface area contributed by atoms with Gasteiger partial charge in [-0.05, 0) is 6.42 Å². The van der Waals surface area contributed by atoms with Crippen molar-refractivity contribution in [3.8, 4) is 0 Å². The molecule has 0 amide bonds. The number of carbonyl (C=O) groups is 1. The van der Waals surface area contributed by atoms with Crippen molar-refractivity contribution in [2.24, 2.45) is 5.41 Å². The molecule has 5 heteroatoms. The van der Waals surface area contributed by atoms with Crippen LogP contribution in [-0.4, -0.2) is 26.5 Å². The van der Waals surface area contributed by atoms with Gasteiger partial charge in [-0.3, -0.25) is 4.79 Å². The zero-order chi connectivity index (χ0) is 11.4. The number of Topliss-reactive ketones (excluding diaryl/α,β-unsaturated/α-hetero) is 1. The smallest absolute Gasteiger partial charge is 0.211 e. The summed E-state index contributed by atoms with van der Waals surface area (Å²) < 4.78 is 24.7. The third-order valence-corrected chi connectivity index (χ3v) is 3.29. The topological polar surface area (TPSA) is 63.2 Å². The number of sulfonamides is 1. The van der Waals surface area contributed by atoms with Crippen molar-refractivity contribution in [1.29, 1.82) is 0 Å². The van der Waals surface area contributed by atoms with E-state index in [0.29, 0.717) is 6.42 Å². The fourth-order valence-electron chi connectivity index (χ4n) is 0.782. The first-order chi connectivity index (χ1) is 6.19. The molecule has 0 radical (unpaired) electrons. The van der Waals surface area contributed by atoms with Crippen LogP contribution < -0.4 is 4.72 Å². The summed E-state index contributed by atoms with van der Waals surface area (Å²) in [5.74, 6) is -0.0260. The fraction of sp³-hybridized carbons (Fsp3) is 0.889. The maximum absolute atomic E-state index is 11.4. The van der Waals surface area contributed by atoms with Gasteiger partial charge in [-0.25, -0.2) is 13.1 Å². The van der Waals surface area contributed by atoms with E-state index in [-0.39, 0.29) is 18.1 Å². The molecule has 0 rings (SSSR count). The van der Waals surface area contributed by atoms with E-state index < -0.39 is 15.4 Å². The van der Waals surface area contributed by atoms with E-state index in [1.54, 1.807) is 27.7 Å². The molecule has 0 saturated carbocycles. The van der Waals surface area contributed by atoms with Gasteiger partial charge in [0.2, 0.25) is 10.0 Å². The minimum absolute atomic E-state index is 0.0738. The Morgan fingerprint density at radius 2 is 1.79 bits per heavy atom. The van der Waals surface area contributed by atoms with E-state index >= 15 is 0 Å². The maximum Gasteiger partial charge on any atom is 0.211 e. The van der Waals surface area contributed by atoms with Crippen LogP contribution in [0.5, 0.6) is 0 Å². The molecule has 1 N–H and O–H groups in total. The number of ketones is 1. The number of nitrogens with one attached hydrogen (secondary N) is 1. The molecular weight excluding hydrogens is 202 g/mol. The second-order valence-corrected chi connectivity index (χ2v) is 6.24. The highest BCUT2D eigenvalue weighted by molar-refractivity contribution is 7.89. The van der Waals surface area contributed by atoms with Gasteiger partial charge in [0.25, 0.3) is 0 Å². The van der Waals surface area contributed by atoms with Crippen molar-refractivity contribution in [3.63, 3.8) is 0 Å². The summed E-state index contributed by atoms with van der Waals surface area (Å²) in [5.41, 5.74) is -0.491. The predicted molar refractivity (Wildman–Crippen MR) is 56.5 cm³/mol. The minimum Gasteiger partial charge on any atom is -0.298 e. The standard InChI is InChI=1S/C9H19NO3S/c1-5-6-14(12,13)10-7-8(11)9(2,3)4/h10H,5-7H2,1-4H3. The van der Waals surface area contributed by atoms with Crippen LogP contribution in [0.3, 0.4) is 0 Å². The van der Waals surface area contributed by atoms with Crippen molar-refractivity contribution >= 4 is 15.8 Å². The van der Waals surface area contributed by atoms with Gasteiger partial charge in [0.1, 0.15) is 0 Å². The molecule has 0 saturated heterocycles. The summed E-state index contributed by atoms with van der Waals surface area (Å²) in [4.78, 5) is 11.4. The summed E-state index contributed by atoms with van der Waals surface area (Å²) in [6, 6.07) is 0. The van der Waals surface area contributed by atoms with Gasteiger partial charge < -0.3 is 0 Å². The molecule has 0 bridgehead atoms. The van der Waals surface area contributed by atoms with E-state index in [2.05, 4.69) is 4.72 Å². The fourth-order valence-corrected chi connectivity index (χ4v) is 1.81. The van der Waals surface area contributed by atoms with Crippen LogP contribution in [-0.2, 0) is 14.8 Å². The van der Waals surface area contributed by atoms with Crippen LogP contribution in [0.2, 0.25) is 0 Å². The largest absolute Gasteiger partial charge is 0.298 e. The molecule has 4 nitrogen and oxygen atoms in total. The highest BCUT2D eigenvalue weighted by atomic mass is 32.2. The number of hydrogen-bond donors (Lipinski definition) is 1. The van der Waals surface area contributed by atoms with Gasteiger partial charge in [0, 0.05) is 5.41 Å². The van der Waals surface area contributed by atoms with Gasteiger partial charge in [-0.2, -0.15) is 0 Å². The van der Waals surface area contributed by atoms with Gasteiger partial charge >= 0.3 is 0 Å². The zero-order valence-electron chi connectivity index (χ0n) is 9.25. The summed E-state index contributed by atoms with van der Waals surface area (Å²) in [6.07, 6.45) is 0.555. The summed E-state index contributed by atoms with van der Waals surface area (Å²) in [5, 5.41) is 0. The van der Waals surface area contributed by atoms with Crippen molar-refractivity contribution in [2.45, 2.75) is 34.1 Å². The van der Waals surface area contributed by atoms with E-state index in [1.165, 1.54) is 0 Å². The van der Waals surface area contributed by atoms with E-state index in [9.17, 15) is 13.2 Å². The average Bonchev–Trinajstić information content (AvgIpc) is 1.98. The summed E-state index contributed by atoms with van der Waals surface area (Å²) >= 11 is 0. The Morgan fingerprint density at radius 1 is 1.29 bits per heavy atom. The number of hydrogen-bond acceptors (Lipinski definition) is 3. The molecule has 0 atom stereocenters. The van der Waals surface area contributed by atoms with Crippen LogP contribution >= 0.6 is 0 Å². The number of carbonyl (C=O) groups excluding carboxylic acids is 1. The molecule has 0 aromatic carbocycles. The second-order valence-electron chi connectivity index (χ2n) is 4.31. The first kappa shape index (κ1) is 13.6. The third-order valence-electron chi connectivity index (χ3n) is 1.76. The molecule has 0 unspecified atom stereocenters. The quantitative estimate of drug-likeness (QED) is 0.751. The Labute approximate surface area is 86.1 Å². The average molecular weight is 221 g/mol. The van der Waals surface area contributed by atoms with Crippen molar-refractivity contribution in [2.75, 3.05) is 12.3 Å². The first-order valence-electron chi connectivity index (χ1n) is 4.69. The second kappa shape index (κ2) is 4.89. The molecule has 0 aliphatic carbocycles. The minimum atomic E-state index is -3.26. The van der Waals surface area contributed by atoms with E-state index in [4.69, 9.17) is 0 Å². The Hall–Kier alpha value is -0.420. The Bertz CT molecular complexity index is 288. The summed E-state index contributed by atoms with van der Waals surface area (Å²) in [6.45, 7) is 6.98. The molecule has 84 valence electrons. The van der Waals surface area contributed by atoms with E-state index in [1.807, 2.05) is 0 Å². The lowest BCUT2D eigenvalue weighted by Gasteiger charge is -2.16. The van der Waals surface area contributed by atoms with Crippen molar-refractivity contribution in [1.82, 2.24) is 4.72 Å².